The van der Waals surface area contributed by atoms with Crippen molar-refractivity contribution in [2.24, 2.45) is 0 Å². The van der Waals surface area contributed by atoms with E-state index >= 15 is 0 Å². The standard InChI is InChI=1S/C13H18ClNO4S/c1-9-8-12(10(2)7-11(9)14)20(18,19)15(3)6-4-5-13(16)17/h7-8H,4-6H2,1-3H3,(H,16,17). The van der Waals surface area contributed by atoms with E-state index < -0.39 is 16.0 Å². The third kappa shape index (κ3) is 3.94. The highest BCUT2D eigenvalue weighted by Crippen LogP contribution is 2.25. The van der Waals surface area contributed by atoms with E-state index in [1.165, 1.54) is 11.4 Å². The average molecular weight is 320 g/mol. The van der Waals surface area contributed by atoms with Crippen molar-refractivity contribution in [3.8, 4) is 0 Å². The van der Waals surface area contributed by atoms with Crippen molar-refractivity contribution in [3.05, 3.63) is 28.3 Å². The molecule has 0 bridgehead atoms. The normalized spacial score (nSPS) is 11.8. The van der Waals surface area contributed by atoms with Crippen LogP contribution >= 0.6 is 11.6 Å². The van der Waals surface area contributed by atoms with Gasteiger partial charge in [-0.3, -0.25) is 4.79 Å². The molecule has 7 heteroatoms. The van der Waals surface area contributed by atoms with Crippen molar-refractivity contribution in [3.63, 3.8) is 0 Å². The summed E-state index contributed by atoms with van der Waals surface area (Å²) in [4.78, 5) is 10.7. The first-order valence-electron chi connectivity index (χ1n) is 6.11. The van der Waals surface area contributed by atoms with Gasteiger partial charge in [0.1, 0.15) is 0 Å². The van der Waals surface area contributed by atoms with Gasteiger partial charge in [0.25, 0.3) is 0 Å². The topological polar surface area (TPSA) is 74.7 Å². The second-order valence-corrected chi connectivity index (χ2v) is 7.11. The van der Waals surface area contributed by atoms with E-state index in [0.29, 0.717) is 16.1 Å². The van der Waals surface area contributed by atoms with Crippen molar-refractivity contribution in [2.45, 2.75) is 31.6 Å². The maximum atomic E-state index is 12.4. The van der Waals surface area contributed by atoms with Gasteiger partial charge < -0.3 is 5.11 Å². The van der Waals surface area contributed by atoms with Crippen molar-refractivity contribution in [1.82, 2.24) is 4.31 Å². The molecule has 112 valence electrons. The Morgan fingerprint density at radius 2 is 1.90 bits per heavy atom. The molecule has 1 N–H and O–H groups in total. The van der Waals surface area contributed by atoms with Crippen molar-refractivity contribution < 1.29 is 18.3 Å². The fourth-order valence-electron chi connectivity index (χ4n) is 1.77. The quantitative estimate of drug-likeness (QED) is 0.874. The summed E-state index contributed by atoms with van der Waals surface area (Å²) in [6, 6.07) is 3.16. The van der Waals surface area contributed by atoms with Gasteiger partial charge in [-0.25, -0.2) is 12.7 Å². The summed E-state index contributed by atoms with van der Waals surface area (Å²) < 4.78 is 26.0. The molecule has 1 aromatic carbocycles. The zero-order valence-corrected chi connectivity index (χ0v) is 13.3. The van der Waals surface area contributed by atoms with E-state index in [4.69, 9.17) is 16.7 Å². The summed E-state index contributed by atoms with van der Waals surface area (Å²) >= 11 is 5.96. The minimum absolute atomic E-state index is 0.0571. The molecule has 0 unspecified atom stereocenters. The fourth-order valence-corrected chi connectivity index (χ4v) is 3.49. The summed E-state index contributed by atoms with van der Waals surface area (Å²) in [7, 11) is -2.18. The van der Waals surface area contributed by atoms with Crippen LogP contribution in [-0.4, -0.2) is 37.4 Å². The molecule has 0 spiro atoms. The second-order valence-electron chi connectivity index (χ2n) is 4.69. The number of rotatable bonds is 6. The van der Waals surface area contributed by atoms with Gasteiger partial charge in [0, 0.05) is 25.0 Å². The van der Waals surface area contributed by atoms with Gasteiger partial charge in [0.2, 0.25) is 10.0 Å². The predicted molar refractivity (Wildman–Crippen MR) is 77.6 cm³/mol. The van der Waals surface area contributed by atoms with Crippen LogP contribution in [0.3, 0.4) is 0 Å². The number of carbonyl (C=O) groups is 1. The molecule has 0 fully saturated rings. The van der Waals surface area contributed by atoms with Crippen LogP contribution in [0.1, 0.15) is 24.0 Å². The average Bonchev–Trinajstić information content (AvgIpc) is 2.32. The minimum Gasteiger partial charge on any atom is -0.481 e. The molecule has 0 saturated heterocycles. The van der Waals surface area contributed by atoms with Crippen molar-refractivity contribution >= 4 is 27.6 Å². The molecule has 0 atom stereocenters. The summed E-state index contributed by atoms with van der Waals surface area (Å²) in [5, 5.41) is 9.10. The molecule has 20 heavy (non-hydrogen) atoms. The molecule has 0 radical (unpaired) electrons. The number of aliphatic carboxylic acids is 1. The highest BCUT2D eigenvalue weighted by atomic mass is 35.5. The maximum absolute atomic E-state index is 12.4. The van der Waals surface area contributed by atoms with E-state index in [9.17, 15) is 13.2 Å². The second kappa shape index (κ2) is 6.56. The minimum atomic E-state index is -3.63. The molecule has 1 aromatic rings. The summed E-state index contributed by atoms with van der Waals surface area (Å²) in [5.74, 6) is -0.936. The Morgan fingerprint density at radius 1 is 1.30 bits per heavy atom. The van der Waals surface area contributed by atoms with Gasteiger partial charge in [-0.2, -0.15) is 0 Å². The molecule has 5 nitrogen and oxygen atoms in total. The van der Waals surface area contributed by atoms with Crippen LogP contribution in [-0.2, 0) is 14.8 Å². The number of hydrogen-bond acceptors (Lipinski definition) is 3. The molecule has 0 saturated carbocycles. The molecule has 0 aliphatic heterocycles. The molecule has 0 amide bonds. The lowest BCUT2D eigenvalue weighted by molar-refractivity contribution is -0.137. The Labute approximate surface area is 124 Å². The van der Waals surface area contributed by atoms with Gasteiger partial charge in [0.15, 0.2) is 0 Å². The molecule has 1 rings (SSSR count). The predicted octanol–water partition coefficient (Wildman–Crippen LogP) is 2.44. The molecule has 0 heterocycles. The monoisotopic (exact) mass is 319 g/mol. The molecule has 0 aliphatic rings. The number of hydrogen-bond donors (Lipinski definition) is 1. The lowest BCUT2D eigenvalue weighted by Crippen LogP contribution is -2.29. The van der Waals surface area contributed by atoms with Gasteiger partial charge in [0.05, 0.1) is 4.90 Å². The number of carboxylic acids is 1. The van der Waals surface area contributed by atoms with E-state index in [0.717, 1.165) is 0 Å². The van der Waals surface area contributed by atoms with Crippen molar-refractivity contribution in [2.75, 3.05) is 13.6 Å². The zero-order chi connectivity index (χ0) is 15.5. The van der Waals surface area contributed by atoms with E-state index in [-0.39, 0.29) is 24.3 Å². The molecular formula is C13H18ClNO4S. The Kier molecular flexibility index (Phi) is 5.56. The molecule has 0 aliphatic carbocycles. The number of halogens is 1. The van der Waals surface area contributed by atoms with Gasteiger partial charge in [-0.1, -0.05) is 11.6 Å². The number of benzene rings is 1. The maximum Gasteiger partial charge on any atom is 0.303 e. The van der Waals surface area contributed by atoms with Gasteiger partial charge >= 0.3 is 5.97 Å². The van der Waals surface area contributed by atoms with Crippen molar-refractivity contribution in [1.29, 1.82) is 0 Å². The van der Waals surface area contributed by atoms with Crippen LogP contribution in [0, 0.1) is 13.8 Å². The highest BCUT2D eigenvalue weighted by Gasteiger charge is 2.23. The fraction of sp³-hybridized carbons (Fsp3) is 0.462. The van der Waals surface area contributed by atoms with Gasteiger partial charge in [-0.15, -0.1) is 0 Å². The first-order valence-corrected chi connectivity index (χ1v) is 7.93. The van der Waals surface area contributed by atoms with E-state index in [2.05, 4.69) is 0 Å². The third-order valence-electron chi connectivity index (χ3n) is 3.01. The third-order valence-corrected chi connectivity index (χ3v) is 5.41. The lowest BCUT2D eigenvalue weighted by atomic mass is 10.2. The SMILES string of the molecule is Cc1cc(S(=O)(=O)N(C)CCCC(=O)O)c(C)cc1Cl. The van der Waals surface area contributed by atoms with E-state index in [1.54, 1.807) is 26.0 Å². The molecule has 0 aromatic heterocycles. The Balaban J connectivity index is 2.98. The lowest BCUT2D eigenvalue weighted by Gasteiger charge is -2.19. The Morgan fingerprint density at radius 3 is 2.45 bits per heavy atom. The number of sulfonamides is 1. The van der Waals surface area contributed by atoms with E-state index in [1.807, 2.05) is 0 Å². The Hall–Kier alpha value is -1.11. The van der Waals surface area contributed by atoms with Crippen LogP contribution in [0.2, 0.25) is 5.02 Å². The number of aryl methyl sites for hydroxylation is 2. The highest BCUT2D eigenvalue weighted by molar-refractivity contribution is 7.89. The van der Waals surface area contributed by atoms with Crippen LogP contribution in [0.4, 0.5) is 0 Å². The smallest absolute Gasteiger partial charge is 0.303 e. The first kappa shape index (κ1) is 16.9. The van der Waals surface area contributed by atoms with Gasteiger partial charge in [-0.05, 0) is 43.5 Å². The van der Waals surface area contributed by atoms with Crippen LogP contribution in [0.15, 0.2) is 17.0 Å². The zero-order valence-electron chi connectivity index (χ0n) is 11.7. The largest absolute Gasteiger partial charge is 0.481 e. The Bertz CT molecular complexity index is 613. The van der Waals surface area contributed by atoms with Crippen LogP contribution in [0.5, 0.6) is 0 Å². The number of carboxylic acid groups (broad SMARTS) is 1. The first-order chi connectivity index (χ1) is 9.16. The van der Waals surface area contributed by atoms with Crippen LogP contribution in [0.25, 0.3) is 0 Å². The number of nitrogens with zero attached hydrogens (tertiary/aromatic N) is 1. The molecular weight excluding hydrogens is 302 g/mol. The summed E-state index contributed by atoms with van der Waals surface area (Å²) in [5.41, 5.74) is 1.26. The summed E-state index contributed by atoms with van der Waals surface area (Å²) in [6.07, 6.45) is 0.217. The summed E-state index contributed by atoms with van der Waals surface area (Å²) in [6.45, 7) is 3.59. The van der Waals surface area contributed by atoms with Crippen LogP contribution < -0.4 is 0 Å².